The predicted molar refractivity (Wildman–Crippen MR) is 78.1 cm³/mol. The van der Waals surface area contributed by atoms with Gasteiger partial charge in [0.1, 0.15) is 11.8 Å². The summed E-state index contributed by atoms with van der Waals surface area (Å²) < 4.78 is 5.26. The second-order valence-electron chi connectivity index (χ2n) is 4.13. The lowest BCUT2D eigenvalue weighted by molar-refractivity contribution is -0.139. The molecule has 0 spiro atoms. The van der Waals surface area contributed by atoms with Crippen molar-refractivity contribution in [2.24, 2.45) is 0 Å². The van der Waals surface area contributed by atoms with Gasteiger partial charge in [-0.05, 0) is 31.5 Å². The summed E-state index contributed by atoms with van der Waals surface area (Å²) in [5.41, 5.74) is 0. The van der Waals surface area contributed by atoms with E-state index in [1.165, 1.54) is 0 Å². The summed E-state index contributed by atoms with van der Waals surface area (Å²) in [7, 11) is 1.64. The highest BCUT2D eigenvalue weighted by Crippen LogP contribution is 2.29. The van der Waals surface area contributed by atoms with E-state index in [4.69, 9.17) is 9.84 Å². The first kappa shape index (κ1) is 15.9. The van der Waals surface area contributed by atoms with Gasteiger partial charge < -0.3 is 15.2 Å². The van der Waals surface area contributed by atoms with E-state index in [1.54, 1.807) is 18.9 Å². The van der Waals surface area contributed by atoms with E-state index in [0.29, 0.717) is 6.42 Å². The first-order valence-electron chi connectivity index (χ1n) is 6.41. The molecule has 2 N–H and O–H groups in total. The number of rotatable bonds is 9. The Morgan fingerprint density at radius 3 is 2.84 bits per heavy atom. The third-order valence-corrected chi connectivity index (χ3v) is 3.76. The standard InChI is InChI=1S/C14H21NO3S/c1-3-9-15-11(14(16)17)8-10-19-13-7-5-4-6-12(13)18-2/h4-7,11,15H,3,8-10H2,1-2H3,(H,16,17). The maximum absolute atomic E-state index is 11.1. The van der Waals surface area contributed by atoms with Gasteiger partial charge in [0.2, 0.25) is 0 Å². The summed E-state index contributed by atoms with van der Waals surface area (Å²) in [5.74, 6) is 0.795. The third kappa shape index (κ3) is 5.53. The van der Waals surface area contributed by atoms with E-state index in [-0.39, 0.29) is 0 Å². The number of nitrogens with one attached hydrogen (secondary N) is 1. The largest absolute Gasteiger partial charge is 0.496 e. The van der Waals surface area contributed by atoms with Gasteiger partial charge in [-0.15, -0.1) is 11.8 Å². The van der Waals surface area contributed by atoms with Crippen LogP contribution < -0.4 is 10.1 Å². The molecule has 0 saturated carbocycles. The van der Waals surface area contributed by atoms with Crippen LogP contribution in [0.3, 0.4) is 0 Å². The molecule has 4 nitrogen and oxygen atoms in total. The zero-order chi connectivity index (χ0) is 14.1. The molecule has 1 rings (SSSR count). The van der Waals surface area contributed by atoms with E-state index in [9.17, 15) is 4.79 Å². The molecule has 0 bridgehead atoms. The van der Waals surface area contributed by atoms with Crippen molar-refractivity contribution < 1.29 is 14.6 Å². The van der Waals surface area contributed by atoms with Gasteiger partial charge in [0.15, 0.2) is 0 Å². The first-order valence-corrected chi connectivity index (χ1v) is 7.39. The zero-order valence-electron chi connectivity index (χ0n) is 11.4. The number of hydrogen-bond acceptors (Lipinski definition) is 4. The lowest BCUT2D eigenvalue weighted by Crippen LogP contribution is -2.37. The summed E-state index contributed by atoms with van der Waals surface area (Å²) in [4.78, 5) is 12.1. The first-order chi connectivity index (χ1) is 9.19. The van der Waals surface area contributed by atoms with Crippen LogP contribution in [0.2, 0.25) is 0 Å². The Hall–Kier alpha value is -1.20. The molecule has 0 saturated heterocycles. The molecule has 1 atom stereocenters. The monoisotopic (exact) mass is 283 g/mol. The molecule has 0 radical (unpaired) electrons. The molecule has 0 fully saturated rings. The van der Waals surface area contributed by atoms with E-state index in [2.05, 4.69) is 5.32 Å². The molecule has 0 amide bonds. The van der Waals surface area contributed by atoms with Gasteiger partial charge in [0.05, 0.1) is 7.11 Å². The quantitative estimate of drug-likeness (QED) is 0.682. The molecule has 1 aromatic carbocycles. The third-order valence-electron chi connectivity index (χ3n) is 2.67. The Labute approximate surface area is 118 Å². The Morgan fingerprint density at radius 2 is 2.21 bits per heavy atom. The topological polar surface area (TPSA) is 58.6 Å². The van der Waals surface area contributed by atoms with Crippen molar-refractivity contribution >= 4 is 17.7 Å². The fourth-order valence-electron chi connectivity index (χ4n) is 1.66. The van der Waals surface area contributed by atoms with Crippen molar-refractivity contribution in [1.82, 2.24) is 5.32 Å². The summed E-state index contributed by atoms with van der Waals surface area (Å²) >= 11 is 1.62. The van der Waals surface area contributed by atoms with Crippen LogP contribution in [0.1, 0.15) is 19.8 Å². The normalized spacial score (nSPS) is 12.1. The Balaban J connectivity index is 2.45. The van der Waals surface area contributed by atoms with Crippen molar-refractivity contribution in [3.8, 4) is 5.75 Å². The average molecular weight is 283 g/mol. The summed E-state index contributed by atoms with van der Waals surface area (Å²) in [6.45, 7) is 2.76. The Kier molecular flexibility index (Phi) is 7.36. The minimum Gasteiger partial charge on any atom is -0.496 e. The number of carboxylic acid groups (broad SMARTS) is 1. The number of ether oxygens (including phenoxy) is 1. The van der Waals surface area contributed by atoms with Gasteiger partial charge in [0, 0.05) is 10.6 Å². The van der Waals surface area contributed by atoms with Crippen LogP contribution in [0.25, 0.3) is 0 Å². The van der Waals surface area contributed by atoms with Crippen LogP contribution in [0.4, 0.5) is 0 Å². The van der Waals surface area contributed by atoms with Crippen LogP contribution in [-0.4, -0.2) is 36.5 Å². The van der Waals surface area contributed by atoms with Gasteiger partial charge >= 0.3 is 5.97 Å². The van der Waals surface area contributed by atoms with Gasteiger partial charge in [-0.1, -0.05) is 19.1 Å². The van der Waals surface area contributed by atoms with Crippen LogP contribution in [0.15, 0.2) is 29.2 Å². The number of hydrogen-bond donors (Lipinski definition) is 2. The van der Waals surface area contributed by atoms with Gasteiger partial charge in [-0.2, -0.15) is 0 Å². The van der Waals surface area contributed by atoms with Crippen molar-refractivity contribution in [2.45, 2.75) is 30.7 Å². The van der Waals surface area contributed by atoms with Crippen molar-refractivity contribution in [2.75, 3.05) is 19.4 Å². The number of aliphatic carboxylic acids is 1. The van der Waals surface area contributed by atoms with Crippen LogP contribution in [-0.2, 0) is 4.79 Å². The van der Waals surface area contributed by atoms with Gasteiger partial charge in [0.25, 0.3) is 0 Å². The maximum atomic E-state index is 11.1. The van der Waals surface area contributed by atoms with Crippen LogP contribution in [0, 0.1) is 0 Å². The maximum Gasteiger partial charge on any atom is 0.320 e. The van der Waals surface area contributed by atoms with Gasteiger partial charge in [-0.25, -0.2) is 0 Å². The molecular formula is C14H21NO3S. The molecule has 0 heterocycles. The van der Waals surface area contributed by atoms with E-state index < -0.39 is 12.0 Å². The van der Waals surface area contributed by atoms with E-state index >= 15 is 0 Å². The smallest absolute Gasteiger partial charge is 0.320 e. The highest BCUT2D eigenvalue weighted by Gasteiger charge is 2.16. The lowest BCUT2D eigenvalue weighted by Gasteiger charge is -2.14. The highest BCUT2D eigenvalue weighted by molar-refractivity contribution is 7.99. The second kappa shape index (κ2) is 8.82. The zero-order valence-corrected chi connectivity index (χ0v) is 12.2. The molecule has 106 valence electrons. The Bertz CT molecular complexity index is 398. The van der Waals surface area contributed by atoms with Crippen molar-refractivity contribution in [3.05, 3.63) is 24.3 Å². The fourth-order valence-corrected chi connectivity index (χ4v) is 2.70. The summed E-state index contributed by atoms with van der Waals surface area (Å²) in [6.07, 6.45) is 1.53. The van der Waals surface area contributed by atoms with E-state index in [1.807, 2.05) is 31.2 Å². The Morgan fingerprint density at radius 1 is 1.47 bits per heavy atom. The molecular weight excluding hydrogens is 262 g/mol. The molecule has 5 heteroatoms. The molecule has 0 aromatic heterocycles. The average Bonchev–Trinajstić information content (AvgIpc) is 2.42. The fraction of sp³-hybridized carbons (Fsp3) is 0.500. The van der Waals surface area contributed by atoms with E-state index in [0.717, 1.165) is 29.4 Å². The highest BCUT2D eigenvalue weighted by atomic mass is 32.2. The van der Waals surface area contributed by atoms with Crippen LogP contribution in [0.5, 0.6) is 5.75 Å². The molecule has 1 aromatic rings. The molecule has 1 unspecified atom stereocenters. The van der Waals surface area contributed by atoms with Gasteiger partial charge in [-0.3, -0.25) is 4.79 Å². The summed E-state index contributed by atoms with van der Waals surface area (Å²) in [6, 6.07) is 7.30. The lowest BCUT2D eigenvalue weighted by atomic mass is 10.2. The number of methoxy groups -OCH3 is 1. The number of thioether (sulfide) groups is 1. The van der Waals surface area contributed by atoms with Crippen molar-refractivity contribution in [3.63, 3.8) is 0 Å². The minimum absolute atomic E-state index is 0.470. The second-order valence-corrected chi connectivity index (χ2v) is 5.27. The molecule has 0 aliphatic heterocycles. The number of para-hydroxylation sites is 1. The molecule has 0 aliphatic carbocycles. The summed E-state index contributed by atoms with van der Waals surface area (Å²) in [5, 5.41) is 12.1. The number of carboxylic acids is 1. The number of carbonyl (C=O) groups is 1. The predicted octanol–water partition coefficient (Wildman–Crippen LogP) is 2.63. The van der Waals surface area contributed by atoms with Crippen LogP contribution >= 0.6 is 11.8 Å². The molecule has 19 heavy (non-hydrogen) atoms. The SMILES string of the molecule is CCCNC(CCSc1ccccc1OC)C(=O)O. The number of benzene rings is 1. The van der Waals surface area contributed by atoms with Crippen molar-refractivity contribution in [1.29, 1.82) is 0 Å². The minimum atomic E-state index is -0.783. The molecule has 0 aliphatic rings.